The van der Waals surface area contributed by atoms with Crippen LogP contribution in [0.1, 0.15) is 13.8 Å². The first kappa shape index (κ1) is 11.0. The third-order valence-corrected chi connectivity index (χ3v) is 2.66. The van der Waals surface area contributed by atoms with Crippen molar-refractivity contribution in [2.24, 2.45) is 0 Å². The Balaban J connectivity index is 4.14. The maximum absolute atomic E-state index is 11.4. The summed E-state index contributed by atoms with van der Waals surface area (Å²) in [5, 5.41) is 0. The van der Waals surface area contributed by atoms with Crippen LogP contribution in [0.2, 0.25) is 0 Å². The van der Waals surface area contributed by atoms with Gasteiger partial charge in [-0.15, -0.1) is 5.98 Å². The second-order valence-corrected chi connectivity index (χ2v) is 3.61. The lowest BCUT2D eigenvalue weighted by atomic mass is 10.2. The zero-order valence-electron chi connectivity index (χ0n) is 6.82. The van der Waals surface area contributed by atoms with Crippen LogP contribution in [0.4, 0.5) is 0 Å². The topological polar surface area (TPSA) is 35.5 Å². The van der Waals surface area contributed by atoms with Crippen LogP contribution >= 0.6 is 7.60 Å². The lowest BCUT2D eigenvalue weighted by molar-refractivity contribution is 0.229. The van der Waals surface area contributed by atoms with Gasteiger partial charge in [-0.1, -0.05) is 0 Å². The molecular formula is C6H12BO3P. The van der Waals surface area contributed by atoms with Crippen LogP contribution in [0, 0.1) is 0 Å². The molecule has 0 unspecified atom stereocenters. The maximum Gasteiger partial charge on any atom is 0.352 e. The molecule has 0 saturated heterocycles. The van der Waals surface area contributed by atoms with Crippen molar-refractivity contribution in [2.45, 2.75) is 13.8 Å². The summed E-state index contributed by atoms with van der Waals surface area (Å²) in [6, 6.07) is 0. The summed E-state index contributed by atoms with van der Waals surface area (Å²) < 4.78 is 21.2. The molecule has 0 spiro atoms. The van der Waals surface area contributed by atoms with Gasteiger partial charge in [-0.25, -0.2) is 0 Å². The van der Waals surface area contributed by atoms with Crippen molar-refractivity contribution in [1.29, 1.82) is 0 Å². The van der Waals surface area contributed by atoms with Crippen LogP contribution in [-0.2, 0) is 13.6 Å². The minimum Gasteiger partial charge on any atom is -0.306 e. The van der Waals surface area contributed by atoms with Crippen molar-refractivity contribution >= 4 is 15.4 Å². The van der Waals surface area contributed by atoms with E-state index in [1.54, 1.807) is 13.8 Å². The Hall–Kier alpha value is -0.0451. The molecule has 11 heavy (non-hydrogen) atoms. The van der Waals surface area contributed by atoms with E-state index in [-0.39, 0.29) is 0 Å². The highest BCUT2D eigenvalue weighted by Gasteiger charge is 2.17. The molecule has 0 amide bonds. The van der Waals surface area contributed by atoms with E-state index in [0.717, 1.165) is 0 Å². The first-order chi connectivity index (χ1) is 5.18. The summed E-state index contributed by atoms with van der Waals surface area (Å²) >= 11 is 0. The average molecular weight is 174 g/mol. The highest BCUT2D eigenvalue weighted by Crippen LogP contribution is 2.49. The Morgan fingerprint density at radius 1 is 1.36 bits per heavy atom. The van der Waals surface area contributed by atoms with Gasteiger partial charge in [0.05, 0.1) is 13.2 Å². The average Bonchev–Trinajstić information content (AvgIpc) is 1.88. The molecule has 0 N–H and O–H groups in total. The van der Waals surface area contributed by atoms with E-state index in [2.05, 4.69) is 0 Å². The third kappa shape index (κ3) is 4.41. The fourth-order valence-electron chi connectivity index (χ4n) is 0.589. The number of hydrogen-bond donors (Lipinski definition) is 0. The fraction of sp³-hybridized carbons (Fsp3) is 0.667. The van der Waals surface area contributed by atoms with E-state index < -0.39 is 7.60 Å². The lowest BCUT2D eigenvalue weighted by Gasteiger charge is -2.11. The van der Waals surface area contributed by atoms with Gasteiger partial charge in [0.2, 0.25) is 0 Å². The van der Waals surface area contributed by atoms with Crippen molar-refractivity contribution in [2.75, 3.05) is 13.2 Å². The molecular weight excluding hydrogens is 162 g/mol. The predicted octanol–water partition coefficient (Wildman–Crippen LogP) is 1.89. The smallest absolute Gasteiger partial charge is 0.306 e. The van der Waals surface area contributed by atoms with E-state index in [1.165, 1.54) is 11.8 Å². The third-order valence-electron chi connectivity index (χ3n) is 0.887. The molecule has 0 fully saturated rings. The summed E-state index contributed by atoms with van der Waals surface area (Å²) in [6.45, 7) is 4.19. The summed E-state index contributed by atoms with van der Waals surface area (Å²) in [5.74, 6) is 2.42. The monoisotopic (exact) mass is 174 g/mol. The zero-order valence-corrected chi connectivity index (χ0v) is 7.71. The summed E-state index contributed by atoms with van der Waals surface area (Å²) in [6.07, 6.45) is 0. The van der Waals surface area contributed by atoms with Gasteiger partial charge in [-0.3, -0.25) is 4.57 Å². The SMILES string of the molecule is [B]/C=C\P(=O)(OCC)OCC. The van der Waals surface area contributed by atoms with E-state index >= 15 is 0 Å². The molecule has 0 aliphatic carbocycles. The van der Waals surface area contributed by atoms with Gasteiger partial charge in [-0.05, 0) is 13.8 Å². The van der Waals surface area contributed by atoms with Gasteiger partial charge >= 0.3 is 7.60 Å². The number of hydrogen-bond acceptors (Lipinski definition) is 3. The predicted molar refractivity (Wildman–Crippen MR) is 45.8 cm³/mol. The van der Waals surface area contributed by atoms with Crippen LogP contribution < -0.4 is 0 Å². The zero-order chi connectivity index (χ0) is 8.74. The molecule has 0 bridgehead atoms. The summed E-state index contributed by atoms with van der Waals surface area (Å²) in [7, 11) is 2.04. The Morgan fingerprint density at radius 2 is 1.82 bits per heavy atom. The van der Waals surface area contributed by atoms with Gasteiger partial charge in [-0.2, -0.15) is 0 Å². The quantitative estimate of drug-likeness (QED) is 0.471. The highest BCUT2D eigenvalue weighted by atomic mass is 31.2. The van der Waals surface area contributed by atoms with Crippen LogP contribution in [0.3, 0.4) is 0 Å². The van der Waals surface area contributed by atoms with Crippen LogP contribution in [0.5, 0.6) is 0 Å². The first-order valence-electron chi connectivity index (χ1n) is 3.46. The molecule has 0 heterocycles. The van der Waals surface area contributed by atoms with E-state index in [1.807, 2.05) is 0 Å². The van der Waals surface area contributed by atoms with E-state index in [9.17, 15) is 4.57 Å². The van der Waals surface area contributed by atoms with E-state index in [4.69, 9.17) is 16.9 Å². The molecule has 0 aromatic heterocycles. The molecule has 0 rings (SSSR count). The second kappa shape index (κ2) is 5.59. The van der Waals surface area contributed by atoms with Gasteiger partial charge in [0.15, 0.2) is 0 Å². The second-order valence-electron chi connectivity index (χ2n) is 1.72. The highest BCUT2D eigenvalue weighted by molar-refractivity contribution is 7.57. The summed E-state index contributed by atoms with van der Waals surface area (Å²) in [5.41, 5.74) is 0. The molecule has 0 aromatic carbocycles. The Morgan fingerprint density at radius 3 is 2.09 bits per heavy atom. The van der Waals surface area contributed by atoms with Crippen molar-refractivity contribution in [3.63, 3.8) is 0 Å². The molecule has 0 saturated carbocycles. The van der Waals surface area contributed by atoms with Crippen LogP contribution in [0.15, 0.2) is 11.8 Å². The molecule has 3 nitrogen and oxygen atoms in total. The van der Waals surface area contributed by atoms with Gasteiger partial charge in [0.1, 0.15) is 7.85 Å². The fourth-order valence-corrected chi connectivity index (χ4v) is 1.77. The standard InChI is InChI=1S/C6H12BO3P/c1-3-9-11(8,6-5-7)10-4-2/h5-6H,3-4H2,1-2H3/b6-5-. The maximum atomic E-state index is 11.4. The van der Waals surface area contributed by atoms with E-state index in [0.29, 0.717) is 13.2 Å². The Bertz CT molecular complexity index is 159. The number of rotatable bonds is 5. The Kier molecular flexibility index (Phi) is 5.56. The van der Waals surface area contributed by atoms with Crippen molar-refractivity contribution in [3.05, 3.63) is 11.8 Å². The molecule has 2 radical (unpaired) electrons. The molecule has 0 aliphatic heterocycles. The van der Waals surface area contributed by atoms with Crippen molar-refractivity contribution < 1.29 is 13.6 Å². The van der Waals surface area contributed by atoms with Crippen molar-refractivity contribution in [3.8, 4) is 0 Å². The first-order valence-corrected chi connectivity index (χ1v) is 5.08. The molecule has 5 heteroatoms. The Labute approximate surface area is 68.7 Å². The van der Waals surface area contributed by atoms with Crippen LogP contribution in [0.25, 0.3) is 0 Å². The van der Waals surface area contributed by atoms with Crippen molar-refractivity contribution in [1.82, 2.24) is 0 Å². The van der Waals surface area contributed by atoms with Crippen LogP contribution in [-0.4, -0.2) is 21.1 Å². The minimum atomic E-state index is -3.02. The largest absolute Gasteiger partial charge is 0.352 e. The molecule has 0 aromatic rings. The molecule has 0 aliphatic rings. The normalized spacial score (nSPS) is 12.5. The lowest BCUT2D eigenvalue weighted by Crippen LogP contribution is -1.92. The summed E-state index contributed by atoms with van der Waals surface area (Å²) in [4.78, 5) is 0. The van der Waals surface area contributed by atoms with Gasteiger partial charge in [0, 0.05) is 5.82 Å². The van der Waals surface area contributed by atoms with Gasteiger partial charge < -0.3 is 9.05 Å². The molecule has 62 valence electrons. The molecule has 0 atom stereocenters. The minimum absolute atomic E-state index is 0.349. The van der Waals surface area contributed by atoms with Gasteiger partial charge in [0.25, 0.3) is 0 Å².